The molecule has 0 fully saturated rings. The molecule has 1 aliphatic rings. The van der Waals surface area contributed by atoms with Crippen LogP contribution in [0.15, 0.2) is 18.2 Å². The van der Waals surface area contributed by atoms with Crippen molar-refractivity contribution in [2.75, 3.05) is 0 Å². The number of carbonyl (C=O) groups excluding carboxylic acids is 1. The predicted octanol–water partition coefficient (Wildman–Crippen LogP) is 2.11. The maximum atomic E-state index is 10.8. The van der Waals surface area contributed by atoms with Crippen molar-refractivity contribution in [1.29, 1.82) is 0 Å². The van der Waals surface area contributed by atoms with Crippen molar-refractivity contribution in [3.63, 3.8) is 0 Å². The second kappa shape index (κ2) is 3.54. The molecule has 2 heteroatoms. The van der Waals surface area contributed by atoms with Gasteiger partial charge in [0.2, 0.25) is 0 Å². The molecule has 0 saturated carbocycles. The Labute approximate surface area is 83.6 Å². The Morgan fingerprint density at radius 2 is 2.29 bits per heavy atom. The average Bonchev–Trinajstić information content (AvgIpc) is 2.16. The predicted molar refractivity (Wildman–Crippen MR) is 54.3 cm³/mol. The third-order valence-corrected chi connectivity index (χ3v) is 2.88. The molecule has 2 atom stereocenters. The lowest BCUT2D eigenvalue weighted by molar-refractivity contribution is 0.110. The molecule has 0 unspecified atom stereocenters. The van der Waals surface area contributed by atoms with Crippen molar-refractivity contribution in [2.45, 2.75) is 25.9 Å². The molecule has 2 nitrogen and oxygen atoms in total. The van der Waals surface area contributed by atoms with Gasteiger partial charge in [-0.25, -0.2) is 0 Å². The summed E-state index contributed by atoms with van der Waals surface area (Å²) < 4.78 is 0. The van der Waals surface area contributed by atoms with Gasteiger partial charge in [0.05, 0.1) is 6.10 Å². The molecule has 74 valence electrons. The van der Waals surface area contributed by atoms with E-state index in [-0.39, 0.29) is 0 Å². The Morgan fingerprint density at radius 1 is 1.50 bits per heavy atom. The van der Waals surface area contributed by atoms with Gasteiger partial charge >= 0.3 is 0 Å². The van der Waals surface area contributed by atoms with Gasteiger partial charge in [-0.1, -0.05) is 25.1 Å². The van der Waals surface area contributed by atoms with Crippen LogP contribution in [0.25, 0.3) is 0 Å². The first-order chi connectivity index (χ1) is 6.72. The van der Waals surface area contributed by atoms with Crippen LogP contribution < -0.4 is 0 Å². The van der Waals surface area contributed by atoms with E-state index in [9.17, 15) is 9.90 Å². The lowest BCUT2D eigenvalue weighted by atomic mass is 9.81. The Balaban J connectivity index is 2.52. The van der Waals surface area contributed by atoms with E-state index in [0.29, 0.717) is 11.5 Å². The van der Waals surface area contributed by atoms with E-state index in [1.807, 2.05) is 12.1 Å². The molecule has 1 aromatic carbocycles. The maximum absolute atomic E-state index is 10.8. The zero-order valence-electron chi connectivity index (χ0n) is 8.23. The van der Waals surface area contributed by atoms with Crippen LogP contribution in [0.3, 0.4) is 0 Å². The van der Waals surface area contributed by atoms with Crippen molar-refractivity contribution in [2.24, 2.45) is 5.92 Å². The molecule has 0 amide bonds. The van der Waals surface area contributed by atoms with E-state index in [0.717, 1.165) is 30.3 Å². The van der Waals surface area contributed by atoms with E-state index in [1.165, 1.54) is 0 Å². The highest BCUT2D eigenvalue weighted by Crippen LogP contribution is 2.34. The summed E-state index contributed by atoms with van der Waals surface area (Å²) in [6.45, 7) is 2.12. The Morgan fingerprint density at radius 3 is 3.00 bits per heavy atom. The summed E-state index contributed by atoms with van der Waals surface area (Å²) in [6.07, 6.45) is 2.10. The zero-order valence-corrected chi connectivity index (χ0v) is 8.23. The molecule has 0 bridgehead atoms. The normalized spacial score (nSPS) is 25.6. The monoisotopic (exact) mass is 190 g/mol. The Kier molecular flexibility index (Phi) is 2.38. The first-order valence-corrected chi connectivity index (χ1v) is 4.97. The molecule has 1 aliphatic carbocycles. The number of benzene rings is 1. The zero-order chi connectivity index (χ0) is 10.1. The van der Waals surface area contributed by atoms with Crippen LogP contribution in [-0.4, -0.2) is 11.4 Å². The topological polar surface area (TPSA) is 37.3 Å². The van der Waals surface area contributed by atoms with Crippen molar-refractivity contribution >= 4 is 6.29 Å². The van der Waals surface area contributed by atoms with E-state index in [1.54, 1.807) is 6.07 Å². The molecule has 0 aromatic heterocycles. The van der Waals surface area contributed by atoms with E-state index >= 15 is 0 Å². The minimum absolute atomic E-state index is 0.463. The molecule has 0 spiro atoms. The number of rotatable bonds is 1. The highest BCUT2D eigenvalue weighted by molar-refractivity contribution is 5.78. The van der Waals surface area contributed by atoms with Crippen molar-refractivity contribution < 1.29 is 9.90 Å². The number of fused-ring (bicyclic) bond motifs is 1. The molecule has 2 rings (SSSR count). The van der Waals surface area contributed by atoms with E-state index < -0.39 is 6.10 Å². The number of hydrogen-bond acceptors (Lipinski definition) is 2. The smallest absolute Gasteiger partial charge is 0.150 e. The highest BCUT2D eigenvalue weighted by atomic mass is 16.3. The number of aliphatic hydroxyl groups excluding tert-OH is 1. The third-order valence-electron chi connectivity index (χ3n) is 2.88. The molecule has 0 saturated heterocycles. The molecular formula is C12H14O2. The van der Waals surface area contributed by atoms with E-state index in [4.69, 9.17) is 0 Å². The van der Waals surface area contributed by atoms with E-state index in [2.05, 4.69) is 6.92 Å². The minimum atomic E-state index is -0.463. The summed E-state index contributed by atoms with van der Waals surface area (Å²) in [5.74, 6) is 0.499. The largest absolute Gasteiger partial charge is 0.388 e. The molecule has 0 aliphatic heterocycles. The van der Waals surface area contributed by atoms with Crippen LogP contribution in [0.5, 0.6) is 0 Å². The van der Waals surface area contributed by atoms with Gasteiger partial charge in [-0.15, -0.1) is 0 Å². The lowest BCUT2D eigenvalue weighted by Crippen LogP contribution is -2.18. The van der Waals surface area contributed by atoms with Gasteiger partial charge in [0.1, 0.15) is 6.29 Å². The molecule has 14 heavy (non-hydrogen) atoms. The van der Waals surface area contributed by atoms with Crippen LogP contribution in [-0.2, 0) is 6.42 Å². The minimum Gasteiger partial charge on any atom is -0.388 e. The lowest BCUT2D eigenvalue weighted by Gasteiger charge is -2.27. The molecular weight excluding hydrogens is 176 g/mol. The van der Waals surface area contributed by atoms with Gasteiger partial charge in [-0.3, -0.25) is 4.79 Å². The van der Waals surface area contributed by atoms with Gasteiger partial charge in [-0.05, 0) is 29.9 Å². The van der Waals surface area contributed by atoms with Crippen molar-refractivity contribution in [1.82, 2.24) is 0 Å². The first-order valence-electron chi connectivity index (χ1n) is 4.97. The van der Waals surface area contributed by atoms with Gasteiger partial charge in [0.15, 0.2) is 0 Å². The van der Waals surface area contributed by atoms with Crippen molar-refractivity contribution in [3.8, 4) is 0 Å². The summed E-state index contributed by atoms with van der Waals surface area (Å²) in [7, 11) is 0. The molecule has 1 aromatic rings. The summed E-state index contributed by atoms with van der Waals surface area (Å²) in [4.78, 5) is 10.8. The van der Waals surface area contributed by atoms with Gasteiger partial charge in [-0.2, -0.15) is 0 Å². The van der Waals surface area contributed by atoms with Crippen LogP contribution in [0.4, 0.5) is 0 Å². The number of carbonyl (C=O) groups is 1. The number of hydrogen-bond donors (Lipinski definition) is 1. The van der Waals surface area contributed by atoms with Crippen LogP contribution in [0.2, 0.25) is 0 Å². The van der Waals surface area contributed by atoms with Gasteiger partial charge in [0, 0.05) is 5.56 Å². The Bertz CT molecular complexity index is 357. The molecule has 0 radical (unpaired) electrons. The highest BCUT2D eigenvalue weighted by Gasteiger charge is 2.24. The quantitative estimate of drug-likeness (QED) is 0.689. The average molecular weight is 190 g/mol. The molecule has 0 heterocycles. The SMILES string of the molecule is C[C@@H]1Cc2cccc(C=O)c2[C@H](O)C1. The van der Waals surface area contributed by atoms with Gasteiger partial charge < -0.3 is 5.11 Å². The first kappa shape index (κ1) is 9.41. The van der Waals surface area contributed by atoms with Crippen molar-refractivity contribution in [3.05, 3.63) is 34.9 Å². The van der Waals surface area contributed by atoms with Gasteiger partial charge in [0.25, 0.3) is 0 Å². The summed E-state index contributed by atoms with van der Waals surface area (Å²) in [5, 5.41) is 9.88. The fraction of sp³-hybridized carbons (Fsp3) is 0.417. The second-order valence-corrected chi connectivity index (χ2v) is 4.10. The second-order valence-electron chi connectivity index (χ2n) is 4.10. The summed E-state index contributed by atoms with van der Waals surface area (Å²) in [5.41, 5.74) is 2.61. The summed E-state index contributed by atoms with van der Waals surface area (Å²) >= 11 is 0. The van der Waals surface area contributed by atoms with Crippen LogP contribution >= 0.6 is 0 Å². The fourth-order valence-corrected chi connectivity index (χ4v) is 2.28. The molecule has 1 N–H and O–H groups in total. The fourth-order valence-electron chi connectivity index (χ4n) is 2.28. The standard InChI is InChI=1S/C12H14O2/c1-8-5-9-3-2-4-10(7-13)12(9)11(14)6-8/h2-4,7-8,11,14H,5-6H2,1H3/t8-,11-/m1/s1. The number of aliphatic hydroxyl groups is 1. The summed E-state index contributed by atoms with van der Waals surface area (Å²) in [6, 6.07) is 5.65. The van der Waals surface area contributed by atoms with Crippen LogP contribution in [0.1, 0.15) is 40.9 Å². The third kappa shape index (κ3) is 1.46. The van der Waals surface area contributed by atoms with Crippen LogP contribution in [0, 0.1) is 5.92 Å². The maximum Gasteiger partial charge on any atom is 0.150 e. The Hall–Kier alpha value is -1.15. The number of aldehydes is 1.